The highest BCUT2D eigenvalue weighted by Gasteiger charge is 2.10. The molecule has 1 atom stereocenters. The Morgan fingerprint density at radius 2 is 2.12 bits per heavy atom. The van der Waals surface area contributed by atoms with Gasteiger partial charge in [0, 0.05) is 22.8 Å². The molecule has 0 bridgehead atoms. The van der Waals surface area contributed by atoms with Crippen molar-refractivity contribution in [2.24, 2.45) is 5.73 Å². The van der Waals surface area contributed by atoms with Crippen LogP contribution in [0.25, 0.3) is 0 Å². The Bertz CT molecular complexity index is 471. The van der Waals surface area contributed by atoms with Crippen LogP contribution < -0.4 is 5.73 Å². The van der Waals surface area contributed by atoms with Gasteiger partial charge in [-0.1, -0.05) is 34.1 Å². The Hall–Kier alpha value is -1.19. The van der Waals surface area contributed by atoms with Crippen LogP contribution in [-0.4, -0.2) is 11.5 Å². The lowest BCUT2D eigenvalue weighted by molar-refractivity contribution is 0.691. The highest BCUT2D eigenvalue weighted by atomic mass is 79.9. The van der Waals surface area contributed by atoms with E-state index in [1.54, 1.807) is 6.20 Å². The van der Waals surface area contributed by atoms with Crippen molar-refractivity contribution in [1.29, 1.82) is 0 Å². The third kappa shape index (κ3) is 3.38. The summed E-state index contributed by atoms with van der Waals surface area (Å²) in [5, 5.41) is 0. The van der Waals surface area contributed by atoms with Crippen LogP contribution in [0.1, 0.15) is 17.0 Å². The SMILES string of the molecule is NCC(Cc1cccc(Br)c1)c1cccnc1. The van der Waals surface area contributed by atoms with Crippen molar-refractivity contribution in [2.45, 2.75) is 12.3 Å². The summed E-state index contributed by atoms with van der Waals surface area (Å²) >= 11 is 3.49. The molecule has 17 heavy (non-hydrogen) atoms. The van der Waals surface area contributed by atoms with E-state index in [1.807, 2.05) is 18.3 Å². The molecule has 0 spiro atoms. The largest absolute Gasteiger partial charge is 0.330 e. The molecular formula is C14H15BrN2. The van der Waals surface area contributed by atoms with E-state index in [0.717, 1.165) is 10.9 Å². The van der Waals surface area contributed by atoms with E-state index in [2.05, 4.69) is 45.2 Å². The van der Waals surface area contributed by atoms with Crippen molar-refractivity contribution in [2.75, 3.05) is 6.54 Å². The Morgan fingerprint density at radius 3 is 2.76 bits per heavy atom. The van der Waals surface area contributed by atoms with E-state index in [1.165, 1.54) is 11.1 Å². The molecule has 0 fully saturated rings. The Morgan fingerprint density at radius 1 is 1.24 bits per heavy atom. The zero-order valence-electron chi connectivity index (χ0n) is 9.51. The average molecular weight is 291 g/mol. The van der Waals surface area contributed by atoms with Crippen LogP contribution in [0.15, 0.2) is 53.3 Å². The standard InChI is InChI=1S/C14H15BrN2/c15-14-5-1-3-11(8-14)7-13(9-16)12-4-2-6-17-10-12/h1-6,8,10,13H,7,9,16H2. The number of nitrogens with two attached hydrogens (primary N) is 1. The minimum Gasteiger partial charge on any atom is -0.330 e. The van der Waals surface area contributed by atoms with Crippen LogP contribution in [-0.2, 0) is 6.42 Å². The topological polar surface area (TPSA) is 38.9 Å². The molecule has 2 rings (SSSR count). The van der Waals surface area contributed by atoms with E-state index >= 15 is 0 Å². The first-order valence-corrected chi connectivity index (χ1v) is 6.43. The van der Waals surface area contributed by atoms with Gasteiger partial charge in [0.2, 0.25) is 0 Å². The van der Waals surface area contributed by atoms with Gasteiger partial charge in [-0.2, -0.15) is 0 Å². The van der Waals surface area contributed by atoms with E-state index in [9.17, 15) is 0 Å². The van der Waals surface area contributed by atoms with Gasteiger partial charge in [0.05, 0.1) is 0 Å². The van der Waals surface area contributed by atoms with Gasteiger partial charge in [-0.25, -0.2) is 0 Å². The summed E-state index contributed by atoms with van der Waals surface area (Å²) in [5.74, 6) is 0.331. The fourth-order valence-corrected chi connectivity index (χ4v) is 2.35. The van der Waals surface area contributed by atoms with Gasteiger partial charge in [0.1, 0.15) is 0 Å². The van der Waals surface area contributed by atoms with Crippen LogP contribution in [0.4, 0.5) is 0 Å². The van der Waals surface area contributed by atoms with E-state index < -0.39 is 0 Å². The van der Waals surface area contributed by atoms with Crippen LogP contribution in [0.3, 0.4) is 0 Å². The number of hydrogen-bond acceptors (Lipinski definition) is 2. The van der Waals surface area contributed by atoms with Gasteiger partial charge in [0.25, 0.3) is 0 Å². The predicted octanol–water partition coefficient (Wildman–Crippen LogP) is 3.13. The van der Waals surface area contributed by atoms with Crippen LogP contribution in [0.2, 0.25) is 0 Å². The first-order chi connectivity index (χ1) is 8.29. The summed E-state index contributed by atoms with van der Waals surface area (Å²) in [5.41, 5.74) is 8.35. The molecule has 1 aromatic carbocycles. The highest BCUT2D eigenvalue weighted by Crippen LogP contribution is 2.21. The summed E-state index contributed by atoms with van der Waals surface area (Å²) in [4.78, 5) is 4.15. The second-order valence-electron chi connectivity index (χ2n) is 4.05. The molecule has 3 heteroatoms. The summed E-state index contributed by atoms with van der Waals surface area (Å²) in [6.45, 7) is 0.637. The van der Waals surface area contributed by atoms with Gasteiger partial charge in [-0.3, -0.25) is 4.98 Å². The third-order valence-corrected chi connectivity index (χ3v) is 3.30. The van der Waals surface area contributed by atoms with Gasteiger partial charge in [0.15, 0.2) is 0 Å². The van der Waals surface area contributed by atoms with E-state index in [-0.39, 0.29) is 0 Å². The quantitative estimate of drug-likeness (QED) is 0.940. The first-order valence-electron chi connectivity index (χ1n) is 5.64. The van der Waals surface area contributed by atoms with Crippen molar-refractivity contribution in [3.63, 3.8) is 0 Å². The van der Waals surface area contributed by atoms with Crippen molar-refractivity contribution in [3.05, 3.63) is 64.4 Å². The lowest BCUT2D eigenvalue weighted by atomic mass is 9.93. The summed E-state index contributed by atoms with van der Waals surface area (Å²) < 4.78 is 1.11. The fraction of sp³-hybridized carbons (Fsp3) is 0.214. The second-order valence-corrected chi connectivity index (χ2v) is 4.97. The van der Waals surface area contributed by atoms with Crippen molar-refractivity contribution in [1.82, 2.24) is 4.98 Å². The molecule has 0 aliphatic carbocycles. The van der Waals surface area contributed by atoms with Crippen LogP contribution in [0, 0.1) is 0 Å². The Balaban J connectivity index is 2.16. The zero-order chi connectivity index (χ0) is 12.1. The molecule has 0 amide bonds. The molecule has 0 saturated heterocycles. The minimum atomic E-state index is 0.331. The smallest absolute Gasteiger partial charge is 0.0303 e. The van der Waals surface area contributed by atoms with Gasteiger partial charge < -0.3 is 5.73 Å². The fourth-order valence-electron chi connectivity index (χ4n) is 1.90. The summed E-state index contributed by atoms with van der Waals surface area (Å²) in [7, 11) is 0. The number of benzene rings is 1. The van der Waals surface area contributed by atoms with E-state index in [0.29, 0.717) is 12.5 Å². The second kappa shape index (κ2) is 5.94. The third-order valence-electron chi connectivity index (χ3n) is 2.81. The zero-order valence-corrected chi connectivity index (χ0v) is 11.1. The molecule has 2 N–H and O–H groups in total. The number of hydrogen-bond donors (Lipinski definition) is 1. The highest BCUT2D eigenvalue weighted by molar-refractivity contribution is 9.10. The molecule has 0 aliphatic rings. The van der Waals surface area contributed by atoms with Gasteiger partial charge >= 0.3 is 0 Å². The maximum Gasteiger partial charge on any atom is 0.0303 e. The summed E-state index contributed by atoms with van der Waals surface area (Å²) in [6.07, 6.45) is 4.63. The Kier molecular flexibility index (Phi) is 4.29. The molecule has 1 aromatic heterocycles. The number of rotatable bonds is 4. The number of nitrogens with zero attached hydrogens (tertiary/aromatic N) is 1. The maximum absolute atomic E-state index is 5.85. The van der Waals surface area contributed by atoms with Gasteiger partial charge in [-0.15, -0.1) is 0 Å². The molecule has 2 nitrogen and oxygen atoms in total. The normalized spacial score (nSPS) is 12.4. The molecule has 2 aromatic rings. The van der Waals surface area contributed by atoms with Crippen LogP contribution in [0.5, 0.6) is 0 Å². The van der Waals surface area contributed by atoms with Crippen molar-refractivity contribution >= 4 is 15.9 Å². The van der Waals surface area contributed by atoms with Crippen LogP contribution >= 0.6 is 15.9 Å². The average Bonchev–Trinajstić information content (AvgIpc) is 2.37. The van der Waals surface area contributed by atoms with Crippen molar-refractivity contribution in [3.8, 4) is 0 Å². The monoisotopic (exact) mass is 290 g/mol. The molecule has 88 valence electrons. The van der Waals surface area contributed by atoms with Gasteiger partial charge in [-0.05, 0) is 42.3 Å². The minimum absolute atomic E-state index is 0.331. The molecule has 1 heterocycles. The molecule has 1 unspecified atom stereocenters. The van der Waals surface area contributed by atoms with Crippen molar-refractivity contribution < 1.29 is 0 Å². The molecule has 0 radical (unpaired) electrons. The number of aromatic nitrogens is 1. The predicted molar refractivity (Wildman–Crippen MR) is 73.9 cm³/mol. The number of halogens is 1. The lowest BCUT2D eigenvalue weighted by Crippen LogP contribution is -2.15. The first kappa shape index (κ1) is 12.3. The molecular weight excluding hydrogens is 276 g/mol. The maximum atomic E-state index is 5.85. The van der Waals surface area contributed by atoms with E-state index in [4.69, 9.17) is 5.73 Å². The summed E-state index contributed by atoms with van der Waals surface area (Å²) in [6, 6.07) is 12.4. The molecule has 0 saturated carbocycles. The lowest BCUT2D eigenvalue weighted by Gasteiger charge is -2.14. The number of pyridine rings is 1. The Labute approximate surface area is 110 Å². The molecule has 0 aliphatic heterocycles.